The van der Waals surface area contributed by atoms with E-state index in [0.717, 1.165) is 4.70 Å². The van der Waals surface area contributed by atoms with Crippen molar-refractivity contribution in [1.82, 2.24) is 9.36 Å². The van der Waals surface area contributed by atoms with Gasteiger partial charge in [-0.05, 0) is 24.0 Å². The Bertz CT molecular complexity index is 709. The summed E-state index contributed by atoms with van der Waals surface area (Å²) < 4.78 is 41.9. The molecule has 0 aliphatic carbocycles. The van der Waals surface area contributed by atoms with Crippen LogP contribution < -0.4 is 0 Å². The first-order valence-corrected chi connectivity index (χ1v) is 6.74. The third-order valence-electron chi connectivity index (χ3n) is 3.10. The van der Waals surface area contributed by atoms with Gasteiger partial charge in [0.1, 0.15) is 5.41 Å². The minimum atomic E-state index is -4.40. The van der Waals surface area contributed by atoms with Gasteiger partial charge in [0.15, 0.2) is 0 Å². The highest BCUT2D eigenvalue weighted by atomic mass is 32.1. The molecular weight excluding hydrogens is 301 g/mol. The molecule has 4 nitrogen and oxygen atoms in total. The van der Waals surface area contributed by atoms with Gasteiger partial charge in [0, 0.05) is 24.4 Å². The number of rotatable bonds is 4. The molecule has 0 spiro atoms. The van der Waals surface area contributed by atoms with Crippen molar-refractivity contribution in [2.75, 3.05) is 0 Å². The van der Waals surface area contributed by atoms with Gasteiger partial charge < -0.3 is 0 Å². The van der Waals surface area contributed by atoms with Gasteiger partial charge in [0.2, 0.25) is 0 Å². The summed E-state index contributed by atoms with van der Waals surface area (Å²) in [6.07, 6.45) is -3.25. The Hall–Kier alpha value is -2.19. The first-order chi connectivity index (χ1) is 9.89. The number of fused-ring (bicyclic) bond motifs is 1. The van der Waals surface area contributed by atoms with Crippen LogP contribution in [0.15, 0.2) is 18.5 Å². The molecule has 2 heterocycles. The Balaban J connectivity index is 2.30. The van der Waals surface area contributed by atoms with Crippen LogP contribution in [0.3, 0.4) is 0 Å². The van der Waals surface area contributed by atoms with E-state index in [2.05, 4.69) is 9.36 Å². The van der Waals surface area contributed by atoms with Gasteiger partial charge in [-0.15, -0.1) is 0 Å². The topological polar surface area (TPSA) is 73.4 Å². The molecule has 0 radical (unpaired) electrons. The zero-order valence-corrected chi connectivity index (χ0v) is 11.5. The summed E-state index contributed by atoms with van der Waals surface area (Å²) in [5.74, 6) is 0. The van der Waals surface area contributed by atoms with Crippen LogP contribution in [0.4, 0.5) is 13.2 Å². The predicted octanol–water partition coefficient (Wildman–Crippen LogP) is 3.61. The van der Waals surface area contributed by atoms with Crippen molar-refractivity contribution in [3.8, 4) is 12.1 Å². The molecule has 0 saturated heterocycles. The predicted molar refractivity (Wildman–Crippen MR) is 70.1 cm³/mol. The number of nitrogens with zero attached hydrogens (tertiary/aromatic N) is 4. The van der Waals surface area contributed by atoms with Crippen molar-refractivity contribution in [3.05, 3.63) is 24.2 Å². The number of halogens is 3. The van der Waals surface area contributed by atoms with E-state index < -0.39 is 24.4 Å². The number of nitriles is 2. The number of aromatic nitrogens is 2. The monoisotopic (exact) mass is 310 g/mol. The fourth-order valence-corrected chi connectivity index (χ4v) is 2.60. The van der Waals surface area contributed by atoms with E-state index in [1.807, 2.05) is 0 Å². The van der Waals surface area contributed by atoms with Gasteiger partial charge in [0.25, 0.3) is 0 Å². The molecule has 2 rings (SSSR count). The van der Waals surface area contributed by atoms with Crippen LogP contribution in [0.2, 0.25) is 0 Å². The number of pyridine rings is 1. The van der Waals surface area contributed by atoms with Gasteiger partial charge >= 0.3 is 6.18 Å². The lowest BCUT2D eigenvalue weighted by Crippen LogP contribution is -2.23. The molecule has 0 fully saturated rings. The second-order valence-corrected chi connectivity index (χ2v) is 5.43. The summed E-state index contributed by atoms with van der Waals surface area (Å²) in [5.41, 5.74) is -1.31. The average Bonchev–Trinajstić information content (AvgIpc) is 2.92. The molecule has 0 atom stereocenters. The molecule has 0 aliphatic rings. The smallest absolute Gasteiger partial charge is 0.260 e. The van der Waals surface area contributed by atoms with Crippen LogP contribution >= 0.6 is 11.5 Å². The van der Waals surface area contributed by atoms with Crippen LogP contribution in [-0.4, -0.2) is 15.5 Å². The van der Waals surface area contributed by atoms with Crippen LogP contribution in [0.1, 0.15) is 18.5 Å². The van der Waals surface area contributed by atoms with E-state index in [9.17, 15) is 23.7 Å². The standard InChI is InChI=1S/C13H9F3N4S/c14-13(15,16)3-2-12(7-17,8-18)5-10-9-6-20-21-11(9)1-4-19-10/h1,4,6H,2-3,5H2. The van der Waals surface area contributed by atoms with E-state index in [-0.39, 0.29) is 6.42 Å². The van der Waals surface area contributed by atoms with E-state index in [0.29, 0.717) is 11.1 Å². The van der Waals surface area contributed by atoms with Crippen LogP contribution in [0, 0.1) is 28.1 Å². The second-order valence-electron chi connectivity index (χ2n) is 4.59. The van der Waals surface area contributed by atoms with E-state index in [4.69, 9.17) is 0 Å². The molecule has 8 heteroatoms. The van der Waals surface area contributed by atoms with E-state index in [1.165, 1.54) is 17.7 Å². The fourth-order valence-electron chi connectivity index (χ4n) is 1.94. The summed E-state index contributed by atoms with van der Waals surface area (Å²) in [6.45, 7) is 0. The molecule has 0 aliphatic heterocycles. The Kier molecular flexibility index (Phi) is 4.10. The molecule has 0 N–H and O–H groups in total. The Labute approximate surface area is 122 Å². The Morgan fingerprint density at radius 2 is 1.90 bits per heavy atom. The summed E-state index contributed by atoms with van der Waals surface area (Å²) in [7, 11) is 0. The molecular formula is C13H9F3N4S. The van der Waals surface area contributed by atoms with Crippen LogP contribution in [-0.2, 0) is 6.42 Å². The van der Waals surface area contributed by atoms with Gasteiger partial charge in [-0.2, -0.15) is 28.1 Å². The van der Waals surface area contributed by atoms with Gasteiger partial charge in [-0.1, -0.05) is 0 Å². The Morgan fingerprint density at radius 3 is 2.52 bits per heavy atom. The van der Waals surface area contributed by atoms with Gasteiger partial charge in [-0.3, -0.25) is 4.98 Å². The zero-order valence-electron chi connectivity index (χ0n) is 10.7. The first-order valence-electron chi connectivity index (χ1n) is 5.97. The van der Waals surface area contributed by atoms with E-state index >= 15 is 0 Å². The Morgan fingerprint density at radius 1 is 1.19 bits per heavy atom. The van der Waals surface area contributed by atoms with Gasteiger partial charge in [-0.25, -0.2) is 0 Å². The molecule has 108 valence electrons. The SMILES string of the molecule is N#CC(C#N)(CCC(F)(F)F)Cc1nccc2sncc12. The largest absolute Gasteiger partial charge is 0.389 e. The lowest BCUT2D eigenvalue weighted by atomic mass is 9.81. The number of hydrogen-bond donors (Lipinski definition) is 0. The van der Waals surface area contributed by atoms with Crippen molar-refractivity contribution in [1.29, 1.82) is 10.5 Å². The first kappa shape index (κ1) is 15.2. The lowest BCUT2D eigenvalue weighted by Gasteiger charge is -2.19. The highest BCUT2D eigenvalue weighted by molar-refractivity contribution is 7.13. The summed E-state index contributed by atoms with van der Waals surface area (Å²) in [4.78, 5) is 4.09. The van der Waals surface area contributed by atoms with E-state index in [1.54, 1.807) is 24.4 Å². The molecule has 0 amide bonds. The zero-order chi connectivity index (χ0) is 15.5. The minimum Gasteiger partial charge on any atom is -0.260 e. The van der Waals surface area contributed by atoms with Crippen LogP contribution in [0.25, 0.3) is 10.1 Å². The molecule has 0 unspecified atom stereocenters. The minimum absolute atomic E-state index is 0.147. The van der Waals surface area contributed by atoms with Crippen molar-refractivity contribution in [3.63, 3.8) is 0 Å². The fraction of sp³-hybridized carbons (Fsp3) is 0.385. The van der Waals surface area contributed by atoms with Crippen molar-refractivity contribution < 1.29 is 13.2 Å². The summed E-state index contributed by atoms with van der Waals surface area (Å²) >= 11 is 1.22. The van der Waals surface area contributed by atoms with Crippen molar-refractivity contribution in [2.45, 2.75) is 25.4 Å². The third-order valence-corrected chi connectivity index (χ3v) is 3.86. The molecule has 2 aromatic heterocycles. The molecule has 0 aromatic carbocycles. The highest BCUT2D eigenvalue weighted by Crippen LogP contribution is 2.34. The maximum atomic E-state index is 12.4. The molecule has 0 bridgehead atoms. The lowest BCUT2D eigenvalue weighted by molar-refractivity contribution is -0.138. The highest BCUT2D eigenvalue weighted by Gasteiger charge is 2.37. The maximum absolute atomic E-state index is 12.4. The van der Waals surface area contributed by atoms with Gasteiger partial charge in [0.05, 0.1) is 28.7 Å². The number of alkyl halides is 3. The quantitative estimate of drug-likeness (QED) is 0.864. The summed E-state index contributed by atoms with van der Waals surface area (Å²) in [6, 6.07) is 5.18. The normalized spacial score (nSPS) is 12.0. The number of hydrogen-bond acceptors (Lipinski definition) is 5. The van der Waals surface area contributed by atoms with Crippen molar-refractivity contribution in [2.24, 2.45) is 5.41 Å². The third kappa shape index (κ3) is 3.47. The molecule has 2 aromatic rings. The average molecular weight is 310 g/mol. The maximum Gasteiger partial charge on any atom is 0.389 e. The van der Waals surface area contributed by atoms with Crippen LogP contribution in [0.5, 0.6) is 0 Å². The molecule has 0 saturated carbocycles. The summed E-state index contributed by atoms with van der Waals surface area (Å²) in [5, 5.41) is 19.0. The molecule has 21 heavy (non-hydrogen) atoms. The second kappa shape index (κ2) is 5.66. The van der Waals surface area contributed by atoms with Crippen molar-refractivity contribution >= 4 is 21.6 Å².